The molecule has 1 saturated heterocycles. The van der Waals surface area contributed by atoms with Crippen molar-refractivity contribution in [3.8, 4) is 0 Å². The summed E-state index contributed by atoms with van der Waals surface area (Å²) in [5.41, 5.74) is 0.218. The van der Waals surface area contributed by atoms with Gasteiger partial charge < -0.3 is 21.3 Å². The zero-order valence-electron chi connectivity index (χ0n) is 11.0. The van der Waals surface area contributed by atoms with Gasteiger partial charge in [0.2, 0.25) is 0 Å². The topological polar surface area (TPSA) is 48.1 Å². The lowest BCUT2D eigenvalue weighted by Crippen LogP contribution is -2.47. The van der Waals surface area contributed by atoms with Crippen LogP contribution < -0.4 is 21.3 Å². The smallest absolute Gasteiger partial charge is 0.0140 e. The minimum absolute atomic E-state index is 0.218. The van der Waals surface area contributed by atoms with E-state index in [4.69, 9.17) is 0 Å². The second-order valence-electron chi connectivity index (χ2n) is 5.37. The van der Waals surface area contributed by atoms with E-state index in [0.717, 1.165) is 45.7 Å². The van der Waals surface area contributed by atoms with Gasteiger partial charge in [-0.2, -0.15) is 0 Å². The average Bonchev–Trinajstić information content (AvgIpc) is 2.20. The van der Waals surface area contributed by atoms with Crippen LogP contribution in [0.1, 0.15) is 27.2 Å². The predicted molar refractivity (Wildman–Crippen MR) is 69.9 cm³/mol. The van der Waals surface area contributed by atoms with Crippen molar-refractivity contribution in [1.29, 1.82) is 0 Å². The first-order valence-electron chi connectivity index (χ1n) is 6.50. The van der Waals surface area contributed by atoms with Crippen molar-refractivity contribution in [2.24, 2.45) is 0 Å². The summed E-state index contributed by atoms with van der Waals surface area (Å²) < 4.78 is 0. The van der Waals surface area contributed by atoms with Crippen LogP contribution in [0.5, 0.6) is 0 Å². The Bertz CT molecular complexity index is 182. The zero-order chi connectivity index (χ0) is 11.9. The Morgan fingerprint density at radius 3 is 2.12 bits per heavy atom. The van der Waals surface area contributed by atoms with Gasteiger partial charge in [-0.25, -0.2) is 0 Å². The van der Waals surface area contributed by atoms with Crippen molar-refractivity contribution in [3.63, 3.8) is 0 Å². The third-order valence-electron chi connectivity index (χ3n) is 2.99. The zero-order valence-corrected chi connectivity index (χ0v) is 11.0. The second-order valence-corrected chi connectivity index (χ2v) is 5.37. The molecule has 4 heteroatoms. The Kier molecular flexibility index (Phi) is 6.28. The molecular formula is C12H28N4. The summed E-state index contributed by atoms with van der Waals surface area (Å²) >= 11 is 0. The van der Waals surface area contributed by atoms with Crippen molar-refractivity contribution in [1.82, 2.24) is 21.3 Å². The van der Waals surface area contributed by atoms with Gasteiger partial charge in [-0.3, -0.25) is 0 Å². The summed E-state index contributed by atoms with van der Waals surface area (Å²) in [5, 5.41) is 14.0. The standard InChI is InChI=1S/C12H28N4/c1-11-10-12(2,3)16-9-7-14-5-4-13-6-8-15-11/h11,13-16H,4-10H2,1-3H3/t11-/m1/s1. The highest BCUT2D eigenvalue weighted by molar-refractivity contribution is 4.82. The first-order valence-corrected chi connectivity index (χ1v) is 6.50. The van der Waals surface area contributed by atoms with E-state index in [9.17, 15) is 0 Å². The quantitative estimate of drug-likeness (QED) is 0.468. The van der Waals surface area contributed by atoms with Gasteiger partial charge in [0.15, 0.2) is 0 Å². The average molecular weight is 228 g/mol. The fourth-order valence-electron chi connectivity index (χ4n) is 2.23. The van der Waals surface area contributed by atoms with Crippen LogP contribution in [0.2, 0.25) is 0 Å². The molecule has 0 aromatic carbocycles. The normalized spacial score (nSPS) is 29.8. The van der Waals surface area contributed by atoms with Gasteiger partial charge in [-0.05, 0) is 27.2 Å². The van der Waals surface area contributed by atoms with Gasteiger partial charge in [-0.1, -0.05) is 0 Å². The van der Waals surface area contributed by atoms with E-state index in [2.05, 4.69) is 42.0 Å². The molecule has 96 valence electrons. The Labute approximate surface area is 99.9 Å². The van der Waals surface area contributed by atoms with Crippen LogP contribution >= 0.6 is 0 Å². The molecule has 0 aromatic rings. The molecule has 0 radical (unpaired) electrons. The highest BCUT2D eigenvalue weighted by Crippen LogP contribution is 2.10. The Balaban J connectivity index is 2.36. The van der Waals surface area contributed by atoms with Gasteiger partial charge >= 0.3 is 0 Å². The molecule has 0 aliphatic carbocycles. The maximum atomic E-state index is 3.60. The highest BCUT2D eigenvalue weighted by atomic mass is 15.0. The van der Waals surface area contributed by atoms with Crippen LogP contribution in [0, 0.1) is 0 Å². The SMILES string of the molecule is C[C@@H]1CC(C)(C)NCCNCCNCCN1. The van der Waals surface area contributed by atoms with Crippen LogP contribution in [-0.4, -0.2) is 50.8 Å². The molecule has 4 nitrogen and oxygen atoms in total. The van der Waals surface area contributed by atoms with Crippen LogP contribution in [-0.2, 0) is 0 Å². The third kappa shape index (κ3) is 6.43. The second kappa shape index (κ2) is 7.22. The molecule has 1 aliphatic heterocycles. The molecule has 16 heavy (non-hydrogen) atoms. The molecule has 1 rings (SSSR count). The molecule has 4 N–H and O–H groups in total. The summed E-state index contributed by atoms with van der Waals surface area (Å²) in [6.45, 7) is 13.1. The predicted octanol–water partition coefficient (Wildman–Crippen LogP) is -0.0844. The van der Waals surface area contributed by atoms with E-state index >= 15 is 0 Å². The number of nitrogens with one attached hydrogen (secondary N) is 4. The summed E-state index contributed by atoms with van der Waals surface area (Å²) in [7, 11) is 0. The van der Waals surface area contributed by atoms with Crippen LogP contribution in [0.25, 0.3) is 0 Å². The molecule has 0 bridgehead atoms. The lowest BCUT2D eigenvalue weighted by Gasteiger charge is -2.30. The molecule has 0 unspecified atom stereocenters. The highest BCUT2D eigenvalue weighted by Gasteiger charge is 2.19. The summed E-state index contributed by atoms with van der Waals surface area (Å²) in [4.78, 5) is 0. The summed E-state index contributed by atoms with van der Waals surface area (Å²) in [5.74, 6) is 0. The maximum Gasteiger partial charge on any atom is 0.0140 e. The van der Waals surface area contributed by atoms with Crippen molar-refractivity contribution >= 4 is 0 Å². The van der Waals surface area contributed by atoms with Crippen molar-refractivity contribution in [2.75, 3.05) is 39.3 Å². The van der Waals surface area contributed by atoms with E-state index in [1.54, 1.807) is 0 Å². The van der Waals surface area contributed by atoms with E-state index in [0.29, 0.717) is 6.04 Å². The van der Waals surface area contributed by atoms with Gasteiger partial charge in [0.25, 0.3) is 0 Å². The minimum Gasteiger partial charge on any atom is -0.314 e. The van der Waals surface area contributed by atoms with Crippen molar-refractivity contribution in [2.45, 2.75) is 38.8 Å². The first-order chi connectivity index (χ1) is 7.60. The molecular weight excluding hydrogens is 200 g/mol. The maximum absolute atomic E-state index is 3.60. The van der Waals surface area contributed by atoms with Crippen molar-refractivity contribution < 1.29 is 0 Å². The first kappa shape index (κ1) is 13.9. The molecule has 1 fully saturated rings. The van der Waals surface area contributed by atoms with Crippen LogP contribution in [0.3, 0.4) is 0 Å². The summed E-state index contributed by atoms with van der Waals surface area (Å²) in [6.07, 6.45) is 1.16. The number of hydrogen-bond donors (Lipinski definition) is 4. The monoisotopic (exact) mass is 228 g/mol. The largest absolute Gasteiger partial charge is 0.314 e. The van der Waals surface area contributed by atoms with Crippen molar-refractivity contribution in [3.05, 3.63) is 0 Å². The minimum atomic E-state index is 0.218. The Morgan fingerprint density at radius 1 is 0.875 bits per heavy atom. The van der Waals surface area contributed by atoms with Gasteiger partial charge in [0.05, 0.1) is 0 Å². The van der Waals surface area contributed by atoms with E-state index in [-0.39, 0.29) is 5.54 Å². The van der Waals surface area contributed by atoms with Gasteiger partial charge in [-0.15, -0.1) is 0 Å². The molecule has 0 spiro atoms. The number of rotatable bonds is 0. The molecule has 1 atom stereocenters. The van der Waals surface area contributed by atoms with E-state index < -0.39 is 0 Å². The lowest BCUT2D eigenvalue weighted by molar-refractivity contribution is 0.320. The molecule has 1 heterocycles. The van der Waals surface area contributed by atoms with E-state index in [1.807, 2.05) is 0 Å². The number of hydrogen-bond acceptors (Lipinski definition) is 4. The van der Waals surface area contributed by atoms with E-state index in [1.165, 1.54) is 0 Å². The molecule has 0 amide bonds. The van der Waals surface area contributed by atoms with Gasteiger partial charge in [0, 0.05) is 50.8 Å². The third-order valence-corrected chi connectivity index (χ3v) is 2.99. The Hall–Kier alpha value is -0.160. The molecule has 0 aromatic heterocycles. The van der Waals surface area contributed by atoms with Crippen LogP contribution in [0.15, 0.2) is 0 Å². The summed E-state index contributed by atoms with van der Waals surface area (Å²) in [6, 6.07) is 0.568. The molecule has 1 aliphatic rings. The fraction of sp³-hybridized carbons (Fsp3) is 1.00. The fourth-order valence-corrected chi connectivity index (χ4v) is 2.23. The molecule has 0 saturated carbocycles. The lowest BCUT2D eigenvalue weighted by atomic mass is 9.96. The Morgan fingerprint density at radius 2 is 1.44 bits per heavy atom. The van der Waals surface area contributed by atoms with Crippen LogP contribution in [0.4, 0.5) is 0 Å². The van der Waals surface area contributed by atoms with Gasteiger partial charge in [0.1, 0.15) is 0 Å².